The van der Waals surface area contributed by atoms with E-state index in [1.807, 2.05) is 60.7 Å². The predicted molar refractivity (Wildman–Crippen MR) is 168 cm³/mol. The van der Waals surface area contributed by atoms with Crippen molar-refractivity contribution >= 4 is 45.6 Å². The number of methoxy groups -OCH3 is 3. The molecule has 0 aliphatic heterocycles. The number of halogens is 1. The Morgan fingerprint density at radius 3 is 1.75 bits per heavy atom. The zero-order chi connectivity index (χ0) is 27.5. The number of carbonyl (C=O) groups is 1. The molecule has 0 saturated carbocycles. The molecule has 4 aromatic carbocycles. The predicted octanol–water partition coefficient (Wildman–Crippen LogP) is 7.69. The number of rotatable bonds is 10. The van der Waals surface area contributed by atoms with Gasteiger partial charge in [-0.2, -0.15) is 0 Å². The van der Waals surface area contributed by atoms with Crippen molar-refractivity contribution in [1.82, 2.24) is 4.90 Å². The molecule has 0 aliphatic carbocycles. The maximum absolute atomic E-state index is 12.5. The van der Waals surface area contributed by atoms with E-state index in [4.69, 9.17) is 19.2 Å². The van der Waals surface area contributed by atoms with Crippen LogP contribution in [0.5, 0.6) is 11.5 Å². The number of thioether (sulfide) groups is 1. The number of ether oxygens (including phenoxy) is 3. The molecule has 6 nitrogen and oxygen atoms in total. The van der Waals surface area contributed by atoms with E-state index in [1.165, 1.54) is 12.7 Å². The first-order chi connectivity index (χ1) is 19.1. The van der Waals surface area contributed by atoms with Crippen molar-refractivity contribution in [2.75, 3.05) is 21.3 Å². The van der Waals surface area contributed by atoms with E-state index in [0.29, 0.717) is 24.3 Å². The number of carbonyl (C=O) groups excluding carboxylic acids is 1. The fraction of sp³-hybridized carbons (Fsp3) is 0.188. The Kier molecular flexibility index (Phi) is 12.1. The molecule has 0 aromatic heterocycles. The Balaban J connectivity index is 0.00000441. The maximum atomic E-state index is 12.5. The fourth-order valence-corrected chi connectivity index (χ4v) is 4.93. The lowest BCUT2D eigenvalue weighted by Crippen LogP contribution is -2.28. The Hall–Kier alpha value is -3.75. The average molecular weight is 622 g/mol. The molecule has 4 rings (SSSR count). The zero-order valence-corrected chi connectivity index (χ0v) is 25.3. The number of hydrogen-bond donors (Lipinski definition) is 0. The minimum absolute atomic E-state index is 0. The first-order valence-electron chi connectivity index (χ1n) is 12.5. The monoisotopic (exact) mass is 620 g/mol. The molecule has 0 unspecified atom stereocenters. The first-order valence-corrected chi connectivity index (χ1v) is 13.5. The van der Waals surface area contributed by atoms with E-state index in [0.717, 1.165) is 33.5 Å². The van der Waals surface area contributed by atoms with Gasteiger partial charge in [-0.15, -0.1) is 17.0 Å². The van der Waals surface area contributed by atoms with Crippen LogP contribution in [0.1, 0.15) is 27.0 Å². The lowest BCUT2D eigenvalue weighted by atomic mass is 10.1. The number of benzene rings is 4. The van der Waals surface area contributed by atoms with E-state index >= 15 is 0 Å². The van der Waals surface area contributed by atoms with Crippen molar-refractivity contribution in [3.8, 4) is 11.5 Å². The van der Waals surface area contributed by atoms with Gasteiger partial charge in [0, 0.05) is 18.8 Å². The van der Waals surface area contributed by atoms with E-state index < -0.39 is 5.97 Å². The molecule has 0 spiro atoms. The number of nitrogens with zero attached hydrogens (tertiary/aromatic N) is 2. The highest BCUT2D eigenvalue weighted by Gasteiger charge is 2.18. The lowest BCUT2D eigenvalue weighted by Gasteiger charge is -2.27. The second-order valence-electron chi connectivity index (χ2n) is 8.73. The van der Waals surface area contributed by atoms with Crippen LogP contribution < -0.4 is 9.47 Å². The third kappa shape index (κ3) is 8.63. The molecule has 0 bridgehead atoms. The molecule has 0 atom stereocenters. The van der Waals surface area contributed by atoms with Crippen LogP contribution >= 0.6 is 28.7 Å². The number of aliphatic imine (C=N–C) groups is 1. The third-order valence-corrected chi connectivity index (χ3v) is 7.16. The van der Waals surface area contributed by atoms with Crippen molar-refractivity contribution in [2.45, 2.75) is 18.8 Å². The molecule has 208 valence electrons. The van der Waals surface area contributed by atoms with Crippen LogP contribution in [-0.4, -0.2) is 37.4 Å². The van der Waals surface area contributed by atoms with E-state index in [1.54, 1.807) is 32.0 Å². The Morgan fingerprint density at radius 1 is 0.700 bits per heavy atom. The van der Waals surface area contributed by atoms with Crippen molar-refractivity contribution < 1.29 is 19.0 Å². The quantitative estimate of drug-likeness (QED) is 0.103. The molecule has 0 amide bonds. The van der Waals surface area contributed by atoms with Crippen LogP contribution in [0.2, 0.25) is 0 Å². The number of hydrogen-bond acceptors (Lipinski definition) is 6. The molecule has 0 heterocycles. The van der Waals surface area contributed by atoms with Gasteiger partial charge in [0.25, 0.3) is 0 Å². The number of para-hydroxylation sites is 1. The largest absolute Gasteiger partial charge is 0.497 e. The number of esters is 1. The van der Waals surface area contributed by atoms with Gasteiger partial charge in [-0.3, -0.25) is 0 Å². The Morgan fingerprint density at radius 2 is 1.23 bits per heavy atom. The summed E-state index contributed by atoms with van der Waals surface area (Å²) >= 11 is 1.63. The normalized spacial score (nSPS) is 10.8. The summed E-state index contributed by atoms with van der Waals surface area (Å²) in [5.41, 5.74) is 4.39. The lowest BCUT2D eigenvalue weighted by molar-refractivity contribution is 0.0601. The van der Waals surface area contributed by atoms with Crippen LogP contribution in [0.25, 0.3) is 0 Å². The van der Waals surface area contributed by atoms with E-state index in [9.17, 15) is 4.79 Å². The topological polar surface area (TPSA) is 60.4 Å². The molecule has 0 saturated heterocycles. The maximum Gasteiger partial charge on any atom is 0.340 e. The number of amidine groups is 1. The van der Waals surface area contributed by atoms with Crippen LogP contribution in [-0.2, 0) is 23.6 Å². The van der Waals surface area contributed by atoms with Gasteiger partial charge in [0.05, 0.1) is 32.6 Å². The summed E-state index contributed by atoms with van der Waals surface area (Å²) in [6, 6.07) is 33.6. The smallest absolute Gasteiger partial charge is 0.340 e. The van der Waals surface area contributed by atoms with E-state index in [-0.39, 0.29) is 17.0 Å². The standard InChI is InChI=1S/C32H32N2O4S.BrH/c1-36-27-17-13-24(14-18-27)21-34(22-25-15-19-28(37-2)20-16-25)32(39-23-26-9-5-4-6-10-26)33-30-12-8-7-11-29(30)31(35)38-3;/h4-20H,21-23H2,1-3H3;1H. The summed E-state index contributed by atoms with van der Waals surface area (Å²) in [4.78, 5) is 19.8. The first kappa shape index (κ1) is 30.8. The molecule has 0 N–H and O–H groups in total. The average Bonchev–Trinajstić information content (AvgIpc) is 3.00. The molecule has 0 radical (unpaired) electrons. The molecule has 0 fully saturated rings. The highest BCUT2D eigenvalue weighted by atomic mass is 79.9. The fourth-order valence-electron chi connectivity index (χ4n) is 3.97. The minimum atomic E-state index is -0.418. The molecule has 8 heteroatoms. The van der Waals surface area contributed by atoms with Crippen molar-refractivity contribution in [2.24, 2.45) is 4.99 Å². The van der Waals surface area contributed by atoms with Gasteiger partial charge in [0.1, 0.15) is 11.5 Å². The Labute approximate surface area is 250 Å². The van der Waals surface area contributed by atoms with Crippen LogP contribution in [0.15, 0.2) is 108 Å². The Bertz CT molecular complexity index is 1330. The van der Waals surface area contributed by atoms with Crippen molar-refractivity contribution in [1.29, 1.82) is 0 Å². The van der Waals surface area contributed by atoms with Crippen LogP contribution in [0, 0.1) is 0 Å². The van der Waals surface area contributed by atoms with Gasteiger partial charge < -0.3 is 19.1 Å². The van der Waals surface area contributed by atoms with Gasteiger partial charge in [0.15, 0.2) is 5.17 Å². The van der Waals surface area contributed by atoms with Gasteiger partial charge in [-0.05, 0) is 53.1 Å². The summed E-state index contributed by atoms with van der Waals surface area (Å²) < 4.78 is 15.7. The van der Waals surface area contributed by atoms with Gasteiger partial charge >= 0.3 is 5.97 Å². The summed E-state index contributed by atoms with van der Waals surface area (Å²) in [6.45, 7) is 1.22. The third-order valence-electron chi connectivity index (χ3n) is 6.07. The van der Waals surface area contributed by atoms with Gasteiger partial charge in [-0.25, -0.2) is 9.79 Å². The van der Waals surface area contributed by atoms with E-state index in [2.05, 4.69) is 41.3 Å². The highest BCUT2D eigenvalue weighted by molar-refractivity contribution is 8.93. The summed E-state index contributed by atoms with van der Waals surface area (Å²) in [7, 11) is 4.71. The second kappa shape index (κ2) is 15.7. The summed E-state index contributed by atoms with van der Waals surface area (Å²) in [6.07, 6.45) is 0. The summed E-state index contributed by atoms with van der Waals surface area (Å²) in [5, 5.41) is 0.793. The zero-order valence-electron chi connectivity index (χ0n) is 22.8. The van der Waals surface area contributed by atoms with Gasteiger partial charge in [0.2, 0.25) is 0 Å². The molecule has 4 aromatic rings. The second-order valence-corrected chi connectivity index (χ2v) is 9.67. The van der Waals surface area contributed by atoms with Crippen LogP contribution in [0.3, 0.4) is 0 Å². The SMILES string of the molecule is Br.COC(=O)c1ccccc1N=C(SCc1ccccc1)N(Cc1ccc(OC)cc1)Cc1ccc(OC)cc1. The van der Waals surface area contributed by atoms with Gasteiger partial charge in [-0.1, -0.05) is 78.5 Å². The molecule has 40 heavy (non-hydrogen) atoms. The van der Waals surface area contributed by atoms with Crippen LogP contribution in [0.4, 0.5) is 5.69 Å². The summed E-state index contributed by atoms with van der Waals surface area (Å²) in [5.74, 6) is 1.92. The molecular weight excluding hydrogens is 588 g/mol. The van der Waals surface area contributed by atoms with Crippen molar-refractivity contribution in [3.63, 3.8) is 0 Å². The minimum Gasteiger partial charge on any atom is -0.497 e. The molecule has 0 aliphatic rings. The van der Waals surface area contributed by atoms with Crippen molar-refractivity contribution in [3.05, 3.63) is 125 Å². The molecular formula is C32H33BrN2O4S. The highest BCUT2D eigenvalue weighted by Crippen LogP contribution is 2.27.